The number of oxazole rings is 1. The molecule has 1 heterocycles. The van der Waals surface area contributed by atoms with E-state index in [1.165, 1.54) is 0 Å². The first kappa shape index (κ1) is 9.20. The van der Waals surface area contributed by atoms with Crippen LogP contribution in [0, 0.1) is 0 Å². The van der Waals surface area contributed by atoms with Gasteiger partial charge in [-0.3, -0.25) is 20.4 Å². The Morgan fingerprint density at radius 1 is 1.54 bits per heavy atom. The van der Waals surface area contributed by atoms with Crippen molar-refractivity contribution in [3.8, 4) is 0 Å². The Morgan fingerprint density at radius 2 is 2.31 bits per heavy atom. The lowest BCUT2D eigenvalue weighted by atomic mass is 10.5. The highest BCUT2D eigenvalue weighted by molar-refractivity contribution is 5.93. The zero-order chi connectivity index (χ0) is 9.68. The molecule has 0 atom stereocenters. The average Bonchev–Trinajstić information content (AvgIpc) is 2.66. The van der Waals surface area contributed by atoms with Crippen molar-refractivity contribution in [2.24, 2.45) is 0 Å². The van der Waals surface area contributed by atoms with E-state index in [9.17, 15) is 9.59 Å². The van der Waals surface area contributed by atoms with Gasteiger partial charge in [0.2, 0.25) is 0 Å². The fourth-order valence-corrected chi connectivity index (χ4v) is 0.555. The zero-order valence-electron chi connectivity index (χ0n) is 6.48. The SMILES string of the molecule is O=C(CO)NNC(=O)c1cocn1. The Balaban J connectivity index is 2.39. The van der Waals surface area contributed by atoms with E-state index in [1.807, 2.05) is 10.9 Å². The van der Waals surface area contributed by atoms with Gasteiger partial charge in [0, 0.05) is 0 Å². The second-order valence-electron chi connectivity index (χ2n) is 2.03. The molecule has 0 unspecified atom stereocenters. The topological polar surface area (TPSA) is 104 Å². The molecule has 0 aromatic carbocycles. The number of carbonyl (C=O) groups excluding carboxylic acids is 2. The Hall–Kier alpha value is -1.89. The highest BCUT2D eigenvalue weighted by Crippen LogP contribution is 1.91. The Morgan fingerprint density at radius 3 is 2.85 bits per heavy atom. The van der Waals surface area contributed by atoms with Crippen molar-refractivity contribution in [2.75, 3.05) is 6.61 Å². The first-order valence-electron chi connectivity index (χ1n) is 3.32. The monoisotopic (exact) mass is 185 g/mol. The molecular weight excluding hydrogens is 178 g/mol. The first-order chi connectivity index (χ1) is 6.24. The van der Waals surface area contributed by atoms with Crippen molar-refractivity contribution in [1.29, 1.82) is 0 Å². The summed E-state index contributed by atoms with van der Waals surface area (Å²) in [5.41, 5.74) is 4.01. The predicted octanol–water partition coefficient (Wildman–Crippen LogP) is -1.57. The molecule has 0 aliphatic rings. The van der Waals surface area contributed by atoms with Crippen LogP contribution in [-0.2, 0) is 4.79 Å². The minimum Gasteiger partial charge on any atom is -0.451 e. The molecule has 7 heteroatoms. The number of nitrogens with zero attached hydrogens (tertiary/aromatic N) is 1. The van der Waals surface area contributed by atoms with Gasteiger partial charge >= 0.3 is 0 Å². The maximum Gasteiger partial charge on any atom is 0.291 e. The molecule has 1 aromatic rings. The maximum atomic E-state index is 11.0. The van der Waals surface area contributed by atoms with Crippen LogP contribution < -0.4 is 10.9 Å². The van der Waals surface area contributed by atoms with E-state index in [-0.39, 0.29) is 5.69 Å². The van der Waals surface area contributed by atoms with E-state index in [1.54, 1.807) is 0 Å². The van der Waals surface area contributed by atoms with Gasteiger partial charge in [-0.05, 0) is 0 Å². The molecule has 13 heavy (non-hydrogen) atoms. The zero-order valence-corrected chi connectivity index (χ0v) is 6.48. The molecule has 2 amide bonds. The normalized spacial score (nSPS) is 9.31. The highest BCUT2D eigenvalue weighted by atomic mass is 16.3. The van der Waals surface area contributed by atoms with Crippen LogP contribution in [-0.4, -0.2) is 28.5 Å². The van der Waals surface area contributed by atoms with Crippen LogP contribution in [0.4, 0.5) is 0 Å². The molecule has 1 rings (SSSR count). The molecular formula is C6H7N3O4. The molecule has 0 aliphatic heterocycles. The van der Waals surface area contributed by atoms with E-state index in [4.69, 9.17) is 5.11 Å². The third-order valence-electron chi connectivity index (χ3n) is 1.12. The van der Waals surface area contributed by atoms with Gasteiger partial charge < -0.3 is 9.52 Å². The molecule has 0 saturated carbocycles. The van der Waals surface area contributed by atoms with Crippen LogP contribution in [0.25, 0.3) is 0 Å². The lowest BCUT2D eigenvalue weighted by molar-refractivity contribution is -0.124. The number of carbonyl (C=O) groups is 2. The minimum absolute atomic E-state index is 0.0400. The van der Waals surface area contributed by atoms with Gasteiger partial charge in [0.1, 0.15) is 12.9 Å². The summed E-state index contributed by atoms with van der Waals surface area (Å²) in [5, 5.41) is 8.28. The number of hydrogen-bond donors (Lipinski definition) is 3. The molecule has 7 nitrogen and oxygen atoms in total. The fraction of sp³-hybridized carbons (Fsp3) is 0.167. The van der Waals surface area contributed by atoms with Crippen molar-refractivity contribution in [3.05, 3.63) is 18.4 Å². The van der Waals surface area contributed by atoms with E-state index in [0.29, 0.717) is 0 Å². The summed E-state index contributed by atoms with van der Waals surface area (Å²) in [7, 11) is 0. The van der Waals surface area contributed by atoms with Crippen molar-refractivity contribution in [2.45, 2.75) is 0 Å². The van der Waals surface area contributed by atoms with Crippen molar-refractivity contribution >= 4 is 11.8 Å². The second kappa shape index (κ2) is 4.21. The number of rotatable bonds is 2. The van der Waals surface area contributed by atoms with Crippen molar-refractivity contribution in [3.63, 3.8) is 0 Å². The van der Waals surface area contributed by atoms with Gasteiger partial charge in [-0.25, -0.2) is 4.98 Å². The summed E-state index contributed by atoms with van der Waals surface area (Å²) < 4.78 is 4.53. The van der Waals surface area contributed by atoms with Gasteiger partial charge in [-0.1, -0.05) is 0 Å². The summed E-state index contributed by atoms with van der Waals surface area (Å²) >= 11 is 0. The standard InChI is InChI=1S/C6H7N3O4/c10-1-5(11)8-9-6(12)4-2-13-3-7-4/h2-3,10H,1H2,(H,8,11)(H,9,12). The molecule has 0 aliphatic carbocycles. The quantitative estimate of drug-likeness (QED) is 0.483. The number of aromatic nitrogens is 1. The van der Waals surface area contributed by atoms with E-state index in [2.05, 4.69) is 9.40 Å². The fourth-order valence-electron chi connectivity index (χ4n) is 0.555. The van der Waals surface area contributed by atoms with E-state index < -0.39 is 18.4 Å². The Bertz CT molecular complexity index is 295. The summed E-state index contributed by atoms with van der Waals surface area (Å²) in [5.74, 6) is -1.33. The lowest BCUT2D eigenvalue weighted by Crippen LogP contribution is -2.43. The molecule has 70 valence electrons. The number of amides is 2. The number of aliphatic hydroxyl groups is 1. The Kier molecular flexibility index (Phi) is 2.98. The van der Waals surface area contributed by atoms with Crippen LogP contribution in [0.1, 0.15) is 10.5 Å². The van der Waals surface area contributed by atoms with Gasteiger partial charge in [0.05, 0.1) is 0 Å². The molecule has 0 fully saturated rings. The largest absolute Gasteiger partial charge is 0.451 e. The minimum atomic E-state index is -0.711. The van der Waals surface area contributed by atoms with E-state index >= 15 is 0 Å². The van der Waals surface area contributed by atoms with Crippen LogP contribution in [0.2, 0.25) is 0 Å². The van der Waals surface area contributed by atoms with Gasteiger partial charge in [-0.2, -0.15) is 0 Å². The lowest BCUT2D eigenvalue weighted by Gasteiger charge is -2.02. The number of aliphatic hydroxyl groups excluding tert-OH is 1. The molecule has 3 N–H and O–H groups in total. The highest BCUT2D eigenvalue weighted by Gasteiger charge is 2.08. The summed E-state index contributed by atoms with van der Waals surface area (Å²) in [6, 6.07) is 0. The molecule has 0 radical (unpaired) electrons. The molecule has 0 spiro atoms. The second-order valence-corrected chi connectivity index (χ2v) is 2.03. The van der Waals surface area contributed by atoms with Crippen LogP contribution >= 0.6 is 0 Å². The van der Waals surface area contributed by atoms with Gasteiger partial charge in [0.25, 0.3) is 11.8 Å². The van der Waals surface area contributed by atoms with Crippen LogP contribution in [0.5, 0.6) is 0 Å². The van der Waals surface area contributed by atoms with Gasteiger partial charge in [-0.15, -0.1) is 0 Å². The van der Waals surface area contributed by atoms with E-state index in [0.717, 1.165) is 12.7 Å². The first-order valence-corrected chi connectivity index (χ1v) is 3.32. The number of hydrogen-bond acceptors (Lipinski definition) is 5. The molecule has 0 saturated heterocycles. The van der Waals surface area contributed by atoms with Crippen molar-refractivity contribution < 1.29 is 19.1 Å². The van der Waals surface area contributed by atoms with Crippen LogP contribution in [0.3, 0.4) is 0 Å². The van der Waals surface area contributed by atoms with Gasteiger partial charge in [0.15, 0.2) is 12.1 Å². The summed E-state index contributed by atoms with van der Waals surface area (Å²) in [4.78, 5) is 25.0. The summed E-state index contributed by atoms with van der Waals surface area (Å²) in [6.07, 6.45) is 2.21. The average molecular weight is 185 g/mol. The Labute approximate surface area is 72.7 Å². The summed E-state index contributed by atoms with van der Waals surface area (Å²) in [6.45, 7) is -0.695. The third-order valence-corrected chi connectivity index (χ3v) is 1.12. The number of hydrazine groups is 1. The van der Waals surface area contributed by atoms with Crippen LogP contribution in [0.15, 0.2) is 17.1 Å². The number of nitrogens with one attached hydrogen (secondary N) is 2. The smallest absolute Gasteiger partial charge is 0.291 e. The van der Waals surface area contributed by atoms with Crippen molar-refractivity contribution in [1.82, 2.24) is 15.8 Å². The third kappa shape index (κ3) is 2.56. The maximum absolute atomic E-state index is 11.0. The molecule has 0 bridgehead atoms. The molecule has 1 aromatic heterocycles. The predicted molar refractivity (Wildman–Crippen MR) is 39.2 cm³/mol.